The molecular weight excluding hydrogens is 458 g/mol. The monoisotopic (exact) mass is 493 g/mol. The maximum absolute atomic E-state index is 13.1. The number of benzene rings is 2. The SMILES string of the molecule is CCOc1ccc(NC(=O)CN(C)Cc2ccc(OC)cc2OC)cc1S(=O)(=O)N(CC)CC. The third-order valence-corrected chi connectivity index (χ3v) is 7.27. The van der Waals surface area contributed by atoms with Crippen molar-refractivity contribution in [2.75, 3.05) is 52.8 Å². The fraction of sp³-hybridized carbons (Fsp3) is 0.458. The summed E-state index contributed by atoms with van der Waals surface area (Å²) in [6, 6.07) is 10.2. The highest BCUT2D eigenvalue weighted by Gasteiger charge is 2.26. The van der Waals surface area contributed by atoms with Gasteiger partial charge in [-0.2, -0.15) is 4.31 Å². The first-order valence-electron chi connectivity index (χ1n) is 11.2. The van der Waals surface area contributed by atoms with Crippen LogP contribution in [-0.4, -0.2) is 71.0 Å². The highest BCUT2D eigenvalue weighted by Crippen LogP contribution is 2.30. The first kappa shape index (κ1) is 27.4. The van der Waals surface area contributed by atoms with E-state index in [1.165, 1.54) is 10.4 Å². The van der Waals surface area contributed by atoms with Gasteiger partial charge in [0.15, 0.2) is 0 Å². The van der Waals surface area contributed by atoms with Crippen molar-refractivity contribution in [3.63, 3.8) is 0 Å². The quantitative estimate of drug-likeness (QED) is 0.458. The highest BCUT2D eigenvalue weighted by atomic mass is 32.2. The first-order valence-corrected chi connectivity index (χ1v) is 12.6. The topological polar surface area (TPSA) is 97.4 Å². The Morgan fingerprint density at radius 1 is 0.971 bits per heavy atom. The number of anilines is 1. The van der Waals surface area contributed by atoms with Gasteiger partial charge in [0.05, 0.1) is 27.4 Å². The molecule has 34 heavy (non-hydrogen) atoms. The van der Waals surface area contributed by atoms with Crippen LogP contribution >= 0.6 is 0 Å². The Kier molecular flexibility index (Phi) is 10.2. The molecule has 188 valence electrons. The summed E-state index contributed by atoms with van der Waals surface area (Å²) in [6.07, 6.45) is 0. The third-order valence-electron chi connectivity index (χ3n) is 5.20. The van der Waals surface area contributed by atoms with Crippen molar-refractivity contribution in [2.24, 2.45) is 0 Å². The lowest BCUT2D eigenvalue weighted by Crippen LogP contribution is -2.31. The maximum Gasteiger partial charge on any atom is 0.246 e. The van der Waals surface area contributed by atoms with Crippen LogP contribution in [0.5, 0.6) is 17.2 Å². The van der Waals surface area contributed by atoms with Crippen LogP contribution in [0, 0.1) is 0 Å². The van der Waals surface area contributed by atoms with E-state index in [9.17, 15) is 13.2 Å². The van der Waals surface area contributed by atoms with Gasteiger partial charge < -0.3 is 19.5 Å². The number of amides is 1. The molecule has 0 aliphatic rings. The van der Waals surface area contributed by atoms with Crippen molar-refractivity contribution in [3.8, 4) is 17.2 Å². The van der Waals surface area contributed by atoms with Crippen molar-refractivity contribution in [1.82, 2.24) is 9.21 Å². The Morgan fingerprint density at radius 3 is 2.26 bits per heavy atom. The average molecular weight is 494 g/mol. The lowest BCUT2D eigenvalue weighted by Gasteiger charge is -2.21. The largest absolute Gasteiger partial charge is 0.497 e. The molecule has 0 atom stereocenters. The summed E-state index contributed by atoms with van der Waals surface area (Å²) in [6.45, 7) is 6.91. The molecule has 0 heterocycles. The van der Waals surface area contributed by atoms with Crippen molar-refractivity contribution in [2.45, 2.75) is 32.2 Å². The predicted octanol–water partition coefficient (Wildman–Crippen LogP) is 3.20. The zero-order valence-electron chi connectivity index (χ0n) is 20.8. The van der Waals surface area contributed by atoms with Crippen LogP contribution in [-0.2, 0) is 21.4 Å². The Morgan fingerprint density at radius 2 is 1.68 bits per heavy atom. The van der Waals surface area contributed by atoms with E-state index in [1.54, 1.807) is 53.2 Å². The normalized spacial score (nSPS) is 11.5. The summed E-state index contributed by atoms with van der Waals surface area (Å²) in [4.78, 5) is 14.6. The molecular formula is C24H35N3O6S. The summed E-state index contributed by atoms with van der Waals surface area (Å²) in [5.41, 5.74) is 1.29. The van der Waals surface area contributed by atoms with Gasteiger partial charge in [-0.1, -0.05) is 19.9 Å². The van der Waals surface area contributed by atoms with Crippen LogP contribution in [0.1, 0.15) is 26.3 Å². The number of carbonyl (C=O) groups excluding carboxylic acids is 1. The van der Waals surface area contributed by atoms with Crippen molar-refractivity contribution < 1.29 is 27.4 Å². The first-order chi connectivity index (χ1) is 16.2. The van der Waals surface area contributed by atoms with Gasteiger partial charge in [0, 0.05) is 37.0 Å². The van der Waals surface area contributed by atoms with E-state index in [0.717, 1.165) is 5.56 Å². The van der Waals surface area contributed by atoms with Crippen LogP contribution < -0.4 is 19.5 Å². The van der Waals surface area contributed by atoms with Gasteiger partial charge >= 0.3 is 0 Å². The molecule has 0 spiro atoms. The van der Waals surface area contributed by atoms with E-state index in [0.29, 0.717) is 43.4 Å². The van der Waals surface area contributed by atoms with Gasteiger partial charge in [-0.3, -0.25) is 9.69 Å². The summed E-state index contributed by atoms with van der Waals surface area (Å²) in [5, 5.41) is 2.79. The minimum absolute atomic E-state index is 0.0344. The van der Waals surface area contributed by atoms with Crippen LogP contribution in [0.2, 0.25) is 0 Å². The molecule has 0 aliphatic heterocycles. The number of hydrogen-bond acceptors (Lipinski definition) is 7. The summed E-state index contributed by atoms with van der Waals surface area (Å²) in [5.74, 6) is 1.35. The van der Waals surface area contributed by atoms with Gasteiger partial charge in [0.1, 0.15) is 22.1 Å². The summed E-state index contributed by atoms with van der Waals surface area (Å²) < 4.78 is 43.8. The third kappa shape index (κ3) is 6.85. The standard InChI is InChI=1S/C24H35N3O6S/c1-7-27(8-2)34(29,30)23-14-19(11-13-21(23)33-9-3)25-24(28)17-26(4)16-18-10-12-20(31-5)15-22(18)32-6/h10-15H,7-9,16-17H2,1-6H3,(H,25,28). The van der Waals surface area contributed by atoms with Crippen molar-refractivity contribution >= 4 is 21.6 Å². The van der Waals surface area contributed by atoms with E-state index in [2.05, 4.69) is 5.32 Å². The Bertz CT molecular complexity index is 1070. The van der Waals surface area contributed by atoms with E-state index in [1.807, 2.05) is 24.1 Å². The van der Waals surface area contributed by atoms with Gasteiger partial charge in [-0.15, -0.1) is 0 Å². The molecule has 2 aromatic carbocycles. The van der Waals surface area contributed by atoms with Crippen LogP contribution in [0.4, 0.5) is 5.69 Å². The summed E-state index contributed by atoms with van der Waals surface area (Å²) in [7, 11) is 1.22. The number of methoxy groups -OCH3 is 2. The number of likely N-dealkylation sites (N-methyl/N-ethyl adjacent to an activating group) is 1. The maximum atomic E-state index is 13.1. The Labute approximate surface area is 202 Å². The molecule has 0 saturated carbocycles. The lowest BCUT2D eigenvalue weighted by molar-refractivity contribution is -0.117. The Hall–Kier alpha value is -2.82. The molecule has 10 heteroatoms. The van der Waals surface area contributed by atoms with Gasteiger partial charge in [-0.25, -0.2) is 8.42 Å². The van der Waals surface area contributed by atoms with Crippen LogP contribution in [0.3, 0.4) is 0 Å². The number of sulfonamides is 1. The predicted molar refractivity (Wildman–Crippen MR) is 132 cm³/mol. The minimum Gasteiger partial charge on any atom is -0.497 e. The Balaban J connectivity index is 2.16. The van der Waals surface area contributed by atoms with E-state index < -0.39 is 10.0 Å². The number of nitrogens with zero attached hydrogens (tertiary/aromatic N) is 2. The van der Waals surface area contributed by atoms with Crippen molar-refractivity contribution in [3.05, 3.63) is 42.0 Å². The van der Waals surface area contributed by atoms with Gasteiger partial charge in [0.25, 0.3) is 0 Å². The molecule has 0 aromatic heterocycles. The second kappa shape index (κ2) is 12.6. The number of carbonyl (C=O) groups is 1. The molecule has 1 amide bonds. The fourth-order valence-corrected chi connectivity index (χ4v) is 5.15. The zero-order valence-corrected chi connectivity index (χ0v) is 21.6. The number of nitrogens with one attached hydrogen (secondary N) is 1. The molecule has 2 aromatic rings. The number of hydrogen-bond donors (Lipinski definition) is 1. The molecule has 0 unspecified atom stereocenters. The second-order valence-electron chi connectivity index (χ2n) is 7.58. The number of ether oxygens (including phenoxy) is 3. The highest BCUT2D eigenvalue weighted by molar-refractivity contribution is 7.89. The fourth-order valence-electron chi connectivity index (χ4n) is 3.54. The average Bonchev–Trinajstić information content (AvgIpc) is 2.80. The number of rotatable bonds is 13. The molecule has 0 saturated heterocycles. The van der Waals surface area contributed by atoms with E-state index >= 15 is 0 Å². The molecule has 9 nitrogen and oxygen atoms in total. The smallest absolute Gasteiger partial charge is 0.246 e. The molecule has 0 bridgehead atoms. The van der Waals surface area contributed by atoms with Gasteiger partial charge in [-0.05, 0) is 38.2 Å². The lowest BCUT2D eigenvalue weighted by atomic mass is 10.2. The molecule has 2 rings (SSSR count). The molecule has 0 aliphatic carbocycles. The zero-order chi connectivity index (χ0) is 25.3. The van der Waals surface area contributed by atoms with Crippen molar-refractivity contribution in [1.29, 1.82) is 0 Å². The van der Waals surface area contributed by atoms with Crippen LogP contribution in [0.15, 0.2) is 41.3 Å². The molecule has 1 N–H and O–H groups in total. The van der Waals surface area contributed by atoms with E-state index in [4.69, 9.17) is 14.2 Å². The van der Waals surface area contributed by atoms with E-state index in [-0.39, 0.29) is 23.1 Å². The van der Waals surface area contributed by atoms with Gasteiger partial charge in [0.2, 0.25) is 15.9 Å². The summed E-state index contributed by atoms with van der Waals surface area (Å²) >= 11 is 0. The van der Waals surface area contributed by atoms with Crippen LogP contribution in [0.25, 0.3) is 0 Å². The second-order valence-corrected chi connectivity index (χ2v) is 9.49. The molecule has 0 fully saturated rings. The molecule has 0 radical (unpaired) electrons. The minimum atomic E-state index is -3.77.